The number of rotatable bonds is 6. The molecule has 0 bridgehead atoms. The number of aliphatic hydroxyl groups is 1. The second-order valence-electron chi connectivity index (χ2n) is 9.54. The summed E-state index contributed by atoms with van der Waals surface area (Å²) in [6.07, 6.45) is -1.26. The number of carbonyl (C=O) groups is 1. The maximum absolute atomic E-state index is 13.9. The number of phenolic OH excluding ortho intramolecular Hbond substituents is 1. The Morgan fingerprint density at radius 2 is 1.33 bits per heavy atom. The number of aromatic hydroxyl groups is 1. The summed E-state index contributed by atoms with van der Waals surface area (Å²) in [6.45, 7) is 1.78. The smallest absolute Gasteiger partial charge is 0.321 e. The topological polar surface area (TPSA) is 79.9 Å². The number of carbonyl (C=O) groups excluding carboxylic acids is 1. The lowest BCUT2D eigenvalue weighted by Crippen LogP contribution is -2.25. The van der Waals surface area contributed by atoms with Crippen LogP contribution in [0.5, 0.6) is 11.5 Å². The van der Waals surface area contributed by atoms with E-state index in [1.807, 2.05) is 78.9 Å². The summed E-state index contributed by atoms with van der Waals surface area (Å²) >= 11 is 0. The van der Waals surface area contributed by atoms with Gasteiger partial charge in [-0.3, -0.25) is 4.79 Å². The van der Waals surface area contributed by atoms with Gasteiger partial charge in [0.1, 0.15) is 35.0 Å². The van der Waals surface area contributed by atoms with Gasteiger partial charge in [-0.05, 0) is 58.3 Å². The fourth-order valence-electron chi connectivity index (χ4n) is 5.17. The van der Waals surface area contributed by atoms with Gasteiger partial charge in [-0.1, -0.05) is 91.0 Å². The highest BCUT2D eigenvalue weighted by atomic mass is 16.5. The molecule has 0 aliphatic rings. The van der Waals surface area contributed by atoms with E-state index in [0.717, 1.165) is 21.5 Å². The first-order chi connectivity index (χ1) is 19.0. The van der Waals surface area contributed by atoms with Crippen LogP contribution in [0.25, 0.3) is 32.7 Å². The first-order valence-electron chi connectivity index (χ1n) is 12.7. The summed E-state index contributed by atoms with van der Waals surface area (Å²) < 4.78 is 11.8. The van der Waals surface area contributed by atoms with E-state index in [2.05, 4.69) is 0 Å². The van der Waals surface area contributed by atoms with Crippen LogP contribution in [-0.2, 0) is 4.79 Å². The molecule has 5 nitrogen and oxygen atoms in total. The van der Waals surface area contributed by atoms with Crippen molar-refractivity contribution in [1.82, 2.24) is 0 Å². The van der Waals surface area contributed by atoms with Crippen molar-refractivity contribution < 1.29 is 24.2 Å². The van der Waals surface area contributed by atoms with Crippen molar-refractivity contribution in [2.75, 3.05) is 0 Å². The largest absolute Gasteiger partial charge is 0.507 e. The summed E-state index contributed by atoms with van der Waals surface area (Å²) in [5.74, 6) is -0.408. The number of fused-ring (bicyclic) bond motifs is 2. The summed E-state index contributed by atoms with van der Waals surface area (Å²) in [7, 11) is 0. The Morgan fingerprint density at radius 1 is 0.718 bits per heavy atom. The maximum Gasteiger partial charge on any atom is 0.321 e. The molecule has 2 atom stereocenters. The molecule has 0 aliphatic carbocycles. The van der Waals surface area contributed by atoms with Crippen molar-refractivity contribution in [2.45, 2.75) is 18.9 Å². The second kappa shape index (κ2) is 10.1. The molecular weight excluding hydrogens is 488 g/mol. The molecule has 0 saturated heterocycles. The number of ether oxygens (including phenoxy) is 1. The van der Waals surface area contributed by atoms with Gasteiger partial charge < -0.3 is 19.4 Å². The number of esters is 1. The van der Waals surface area contributed by atoms with E-state index in [1.54, 1.807) is 43.3 Å². The Balaban J connectivity index is 1.52. The number of aryl methyl sites for hydroxylation is 1. The van der Waals surface area contributed by atoms with Gasteiger partial charge in [-0.25, -0.2) is 0 Å². The highest BCUT2D eigenvalue weighted by molar-refractivity contribution is 6.10. The predicted octanol–water partition coefficient (Wildman–Crippen LogP) is 7.69. The second-order valence-corrected chi connectivity index (χ2v) is 9.54. The Labute approximate surface area is 225 Å². The lowest BCUT2D eigenvalue weighted by molar-refractivity contribution is -0.139. The first kappa shape index (κ1) is 24.5. The van der Waals surface area contributed by atoms with Gasteiger partial charge in [0, 0.05) is 11.1 Å². The van der Waals surface area contributed by atoms with E-state index in [1.165, 1.54) is 0 Å². The standard InChI is InChI=1S/C34H26O5/c1-21-15-19-29(38-21)33(36)30(24-11-3-2-4-12-24)34(37)39-28-20-17-23-10-6-8-14-26(23)32(28)31-25-13-7-5-9-22(25)16-18-27(31)35/h2-20,30,33,35-36H,1H3/t30-,33-/m1/s1. The zero-order valence-electron chi connectivity index (χ0n) is 21.2. The summed E-state index contributed by atoms with van der Waals surface area (Å²) in [4.78, 5) is 13.9. The van der Waals surface area contributed by atoms with Crippen LogP contribution < -0.4 is 4.74 Å². The van der Waals surface area contributed by atoms with E-state index in [0.29, 0.717) is 22.5 Å². The number of furan rings is 1. The average molecular weight is 515 g/mol. The van der Waals surface area contributed by atoms with Gasteiger partial charge in [0.2, 0.25) is 0 Å². The molecule has 0 amide bonds. The minimum Gasteiger partial charge on any atom is -0.507 e. The van der Waals surface area contributed by atoms with E-state index in [-0.39, 0.29) is 17.3 Å². The fourth-order valence-corrected chi connectivity index (χ4v) is 5.17. The molecular formula is C34H26O5. The third-order valence-electron chi connectivity index (χ3n) is 7.04. The Morgan fingerprint density at radius 3 is 2.00 bits per heavy atom. The molecule has 0 aliphatic heterocycles. The SMILES string of the molecule is Cc1ccc([C@@H](O)[C@H](C(=O)Oc2ccc3ccccc3c2-c2c(O)ccc3ccccc23)c2ccccc2)o1. The van der Waals surface area contributed by atoms with Crippen LogP contribution in [0.2, 0.25) is 0 Å². The van der Waals surface area contributed by atoms with Gasteiger partial charge in [0.05, 0.1) is 0 Å². The monoisotopic (exact) mass is 514 g/mol. The highest BCUT2D eigenvalue weighted by Crippen LogP contribution is 2.45. The van der Waals surface area contributed by atoms with Crippen molar-refractivity contribution in [3.63, 3.8) is 0 Å². The van der Waals surface area contributed by atoms with Crippen molar-refractivity contribution in [3.05, 3.63) is 132 Å². The molecule has 5 heteroatoms. The van der Waals surface area contributed by atoms with Crippen molar-refractivity contribution in [3.8, 4) is 22.6 Å². The number of hydrogen-bond donors (Lipinski definition) is 2. The van der Waals surface area contributed by atoms with Gasteiger partial charge in [-0.2, -0.15) is 0 Å². The molecule has 0 unspecified atom stereocenters. The molecule has 0 fully saturated rings. The molecule has 6 aromatic rings. The van der Waals surface area contributed by atoms with E-state index in [9.17, 15) is 15.0 Å². The molecule has 1 aromatic heterocycles. The van der Waals surface area contributed by atoms with Crippen LogP contribution in [0.15, 0.2) is 120 Å². The van der Waals surface area contributed by atoms with Crippen LogP contribution in [0.1, 0.15) is 29.1 Å². The molecule has 0 spiro atoms. The lowest BCUT2D eigenvalue weighted by Gasteiger charge is -2.22. The van der Waals surface area contributed by atoms with Crippen LogP contribution in [0.4, 0.5) is 0 Å². The Hall–Kier alpha value is -4.87. The molecule has 2 N–H and O–H groups in total. The van der Waals surface area contributed by atoms with Crippen LogP contribution in [-0.4, -0.2) is 16.2 Å². The normalized spacial score (nSPS) is 12.9. The minimum absolute atomic E-state index is 0.0769. The zero-order chi connectivity index (χ0) is 26.9. The summed E-state index contributed by atoms with van der Waals surface area (Å²) in [5, 5.41) is 26.0. The third-order valence-corrected chi connectivity index (χ3v) is 7.04. The van der Waals surface area contributed by atoms with Gasteiger partial charge >= 0.3 is 5.97 Å². The highest BCUT2D eigenvalue weighted by Gasteiger charge is 2.34. The van der Waals surface area contributed by atoms with E-state index in [4.69, 9.17) is 9.15 Å². The van der Waals surface area contributed by atoms with Crippen LogP contribution in [0.3, 0.4) is 0 Å². The van der Waals surface area contributed by atoms with Crippen LogP contribution >= 0.6 is 0 Å². The number of benzene rings is 5. The molecule has 0 radical (unpaired) electrons. The van der Waals surface area contributed by atoms with E-state index >= 15 is 0 Å². The Bertz CT molecular complexity index is 1800. The van der Waals surface area contributed by atoms with Crippen molar-refractivity contribution in [1.29, 1.82) is 0 Å². The molecule has 0 saturated carbocycles. The molecule has 1 heterocycles. The molecule has 5 aromatic carbocycles. The first-order valence-corrected chi connectivity index (χ1v) is 12.7. The van der Waals surface area contributed by atoms with Gasteiger partial charge in [0.15, 0.2) is 0 Å². The zero-order valence-corrected chi connectivity index (χ0v) is 21.2. The number of hydrogen-bond acceptors (Lipinski definition) is 5. The minimum atomic E-state index is -1.26. The maximum atomic E-state index is 13.9. The number of phenols is 1. The number of aliphatic hydroxyl groups excluding tert-OH is 1. The molecule has 6 rings (SSSR count). The Kier molecular flexibility index (Phi) is 6.35. The third kappa shape index (κ3) is 4.54. The molecule has 192 valence electrons. The van der Waals surface area contributed by atoms with Gasteiger partial charge in [0.25, 0.3) is 0 Å². The summed E-state index contributed by atoms with van der Waals surface area (Å²) in [5.41, 5.74) is 1.77. The van der Waals surface area contributed by atoms with Gasteiger partial charge in [-0.15, -0.1) is 0 Å². The quantitative estimate of drug-likeness (QED) is 0.176. The predicted molar refractivity (Wildman–Crippen MR) is 152 cm³/mol. The van der Waals surface area contributed by atoms with Crippen molar-refractivity contribution in [2.24, 2.45) is 0 Å². The lowest BCUT2D eigenvalue weighted by atomic mass is 9.91. The fraction of sp³-hybridized carbons (Fsp3) is 0.0882. The van der Waals surface area contributed by atoms with Crippen LogP contribution in [0, 0.1) is 6.92 Å². The van der Waals surface area contributed by atoms with E-state index < -0.39 is 18.0 Å². The summed E-state index contributed by atoms with van der Waals surface area (Å²) in [6, 6.07) is 35.1. The molecule has 39 heavy (non-hydrogen) atoms. The average Bonchev–Trinajstić information content (AvgIpc) is 3.40. The van der Waals surface area contributed by atoms with Crippen molar-refractivity contribution >= 4 is 27.5 Å².